The minimum Gasteiger partial charge on any atom is -0.441 e. The molecule has 1 fully saturated rings. The third-order valence-corrected chi connectivity index (χ3v) is 4.47. The molecule has 0 bridgehead atoms. The molecule has 1 aliphatic heterocycles. The van der Waals surface area contributed by atoms with Gasteiger partial charge in [0.2, 0.25) is 0 Å². The first-order valence-electron chi connectivity index (χ1n) is 7.50. The van der Waals surface area contributed by atoms with Gasteiger partial charge in [-0.05, 0) is 31.0 Å². The first-order chi connectivity index (χ1) is 10.4. The fourth-order valence-electron chi connectivity index (χ4n) is 2.92. The van der Waals surface area contributed by atoms with Crippen molar-refractivity contribution in [2.24, 2.45) is 0 Å². The maximum Gasteiger partial charge on any atom is 0.254 e. The molecule has 0 aliphatic carbocycles. The lowest BCUT2D eigenvalue weighted by Gasteiger charge is -2.41. The van der Waals surface area contributed by atoms with Gasteiger partial charge in [-0.15, -0.1) is 0 Å². The predicted molar refractivity (Wildman–Crippen MR) is 80.5 cm³/mol. The van der Waals surface area contributed by atoms with Gasteiger partial charge in [0.05, 0.1) is 5.60 Å². The van der Waals surface area contributed by atoms with Crippen molar-refractivity contribution in [1.82, 2.24) is 9.88 Å². The zero-order valence-electron chi connectivity index (χ0n) is 12.7. The normalized spacial score (nSPS) is 25.6. The Morgan fingerprint density at radius 3 is 3.00 bits per heavy atom. The van der Waals surface area contributed by atoms with E-state index >= 15 is 0 Å². The molecule has 6 nitrogen and oxygen atoms in total. The number of benzene rings is 1. The number of hydrogen-bond acceptors (Lipinski definition) is 5. The van der Waals surface area contributed by atoms with E-state index in [0.29, 0.717) is 41.9 Å². The molecule has 0 unspecified atom stereocenters. The highest BCUT2D eigenvalue weighted by Gasteiger charge is 2.40. The molecule has 3 rings (SSSR count). The first-order valence-corrected chi connectivity index (χ1v) is 7.50. The van der Waals surface area contributed by atoms with E-state index < -0.39 is 11.7 Å². The second kappa shape index (κ2) is 5.37. The summed E-state index contributed by atoms with van der Waals surface area (Å²) in [6.07, 6.45) is -0.0778. The summed E-state index contributed by atoms with van der Waals surface area (Å²) in [6.45, 7) is 4.15. The molecule has 2 aromatic rings. The largest absolute Gasteiger partial charge is 0.441 e. The van der Waals surface area contributed by atoms with Crippen LogP contribution in [-0.2, 0) is 0 Å². The molecule has 1 aliphatic rings. The van der Waals surface area contributed by atoms with Crippen molar-refractivity contribution in [3.63, 3.8) is 0 Å². The second-order valence-corrected chi connectivity index (χ2v) is 5.89. The number of fused-ring (bicyclic) bond motifs is 1. The number of nitrogens with zero attached hydrogens (tertiary/aromatic N) is 2. The standard InChI is InChI=1S/C16H20N2O4/c1-3-16(21)6-7-18(9-14(16)19)15(20)11-4-5-12-13(8-11)22-10(2)17-12/h4-5,8,14,19,21H,3,6-7,9H2,1-2H3/t14-,16-/m1/s1. The molecule has 0 saturated carbocycles. The van der Waals surface area contributed by atoms with E-state index in [2.05, 4.69) is 4.98 Å². The highest BCUT2D eigenvalue weighted by atomic mass is 16.3. The number of carbonyl (C=O) groups excluding carboxylic acids is 1. The molecule has 2 heterocycles. The number of amides is 1. The van der Waals surface area contributed by atoms with Crippen molar-refractivity contribution < 1.29 is 19.4 Å². The van der Waals surface area contributed by atoms with Crippen LogP contribution in [0.3, 0.4) is 0 Å². The van der Waals surface area contributed by atoms with Gasteiger partial charge in [-0.25, -0.2) is 4.98 Å². The van der Waals surface area contributed by atoms with Crippen LogP contribution in [0.4, 0.5) is 0 Å². The Morgan fingerprint density at radius 2 is 2.32 bits per heavy atom. The monoisotopic (exact) mass is 304 g/mol. The van der Waals surface area contributed by atoms with E-state index in [9.17, 15) is 15.0 Å². The van der Waals surface area contributed by atoms with Crippen LogP contribution in [0, 0.1) is 6.92 Å². The van der Waals surface area contributed by atoms with Gasteiger partial charge < -0.3 is 19.5 Å². The van der Waals surface area contributed by atoms with E-state index in [1.54, 1.807) is 30.0 Å². The summed E-state index contributed by atoms with van der Waals surface area (Å²) < 4.78 is 5.45. The molecule has 1 amide bonds. The van der Waals surface area contributed by atoms with Gasteiger partial charge >= 0.3 is 0 Å². The summed E-state index contributed by atoms with van der Waals surface area (Å²) in [4.78, 5) is 18.3. The Hall–Kier alpha value is -1.92. The van der Waals surface area contributed by atoms with E-state index in [0.717, 1.165) is 0 Å². The summed E-state index contributed by atoms with van der Waals surface area (Å²) in [5.41, 5.74) is 0.694. The van der Waals surface area contributed by atoms with Gasteiger partial charge in [-0.1, -0.05) is 6.92 Å². The van der Waals surface area contributed by atoms with Gasteiger partial charge in [0.15, 0.2) is 11.5 Å². The molecule has 0 spiro atoms. The van der Waals surface area contributed by atoms with E-state index in [4.69, 9.17) is 4.42 Å². The first kappa shape index (κ1) is 15.0. The van der Waals surface area contributed by atoms with Crippen molar-refractivity contribution in [1.29, 1.82) is 0 Å². The van der Waals surface area contributed by atoms with Gasteiger partial charge in [-0.2, -0.15) is 0 Å². The molecule has 1 aromatic carbocycles. The molecule has 118 valence electrons. The van der Waals surface area contributed by atoms with Crippen LogP contribution in [0.2, 0.25) is 0 Å². The average Bonchev–Trinajstić information content (AvgIpc) is 2.88. The van der Waals surface area contributed by atoms with Gasteiger partial charge in [0.25, 0.3) is 5.91 Å². The molecule has 2 atom stereocenters. The van der Waals surface area contributed by atoms with Crippen LogP contribution in [-0.4, -0.2) is 50.8 Å². The summed E-state index contributed by atoms with van der Waals surface area (Å²) >= 11 is 0. The Labute approximate surface area is 128 Å². The Balaban J connectivity index is 1.81. The molecule has 22 heavy (non-hydrogen) atoms. The SMILES string of the molecule is CC[C@@]1(O)CCN(C(=O)c2ccc3nc(C)oc3c2)C[C@H]1O. The van der Waals surface area contributed by atoms with Crippen LogP contribution < -0.4 is 0 Å². The molecule has 1 aromatic heterocycles. The number of rotatable bonds is 2. The van der Waals surface area contributed by atoms with Crippen LogP contribution >= 0.6 is 0 Å². The summed E-state index contributed by atoms with van der Waals surface area (Å²) in [5, 5.41) is 20.3. The van der Waals surface area contributed by atoms with Gasteiger partial charge in [0, 0.05) is 25.6 Å². The number of hydrogen-bond donors (Lipinski definition) is 2. The summed E-state index contributed by atoms with van der Waals surface area (Å²) in [6, 6.07) is 5.13. The molecule has 6 heteroatoms. The molecule has 1 saturated heterocycles. The molecule has 0 radical (unpaired) electrons. The maximum atomic E-state index is 12.6. The number of carbonyl (C=O) groups is 1. The lowest BCUT2D eigenvalue weighted by atomic mass is 9.86. The van der Waals surface area contributed by atoms with Crippen LogP contribution in [0.25, 0.3) is 11.1 Å². The van der Waals surface area contributed by atoms with E-state index in [-0.39, 0.29) is 12.5 Å². The highest BCUT2D eigenvalue weighted by molar-refractivity contribution is 5.97. The average molecular weight is 304 g/mol. The van der Waals surface area contributed by atoms with Crippen LogP contribution in [0.5, 0.6) is 0 Å². The number of piperidine rings is 1. The maximum absolute atomic E-state index is 12.6. The minimum atomic E-state index is -1.09. The fraction of sp³-hybridized carbons (Fsp3) is 0.500. The van der Waals surface area contributed by atoms with Gasteiger partial charge in [-0.3, -0.25) is 4.79 Å². The zero-order valence-corrected chi connectivity index (χ0v) is 12.7. The number of oxazole rings is 1. The topological polar surface area (TPSA) is 86.8 Å². The predicted octanol–water partition coefficient (Wildman–Crippen LogP) is 1.48. The highest BCUT2D eigenvalue weighted by Crippen LogP contribution is 2.27. The number of aliphatic hydroxyl groups is 2. The van der Waals surface area contributed by atoms with Crippen LogP contribution in [0.15, 0.2) is 22.6 Å². The van der Waals surface area contributed by atoms with Gasteiger partial charge in [0.1, 0.15) is 11.6 Å². The minimum absolute atomic E-state index is 0.136. The number of β-amino-alcohol motifs (C(OH)–C–C–N with tert-alkyl or cyclic N) is 1. The lowest BCUT2D eigenvalue weighted by molar-refractivity contribution is -0.114. The second-order valence-electron chi connectivity index (χ2n) is 5.89. The van der Waals surface area contributed by atoms with Crippen molar-refractivity contribution >= 4 is 17.0 Å². The van der Waals surface area contributed by atoms with Crippen molar-refractivity contribution in [3.8, 4) is 0 Å². The third kappa shape index (κ3) is 2.48. The van der Waals surface area contributed by atoms with Crippen molar-refractivity contribution in [2.75, 3.05) is 13.1 Å². The number of aromatic nitrogens is 1. The van der Waals surface area contributed by atoms with Crippen molar-refractivity contribution in [3.05, 3.63) is 29.7 Å². The summed E-state index contributed by atoms with van der Waals surface area (Å²) in [7, 11) is 0. The lowest BCUT2D eigenvalue weighted by Crippen LogP contribution is -2.56. The number of aryl methyl sites for hydroxylation is 1. The quantitative estimate of drug-likeness (QED) is 0.877. The smallest absolute Gasteiger partial charge is 0.254 e. The Morgan fingerprint density at radius 1 is 1.55 bits per heavy atom. The van der Waals surface area contributed by atoms with Crippen LogP contribution in [0.1, 0.15) is 36.0 Å². The molecule has 2 N–H and O–H groups in total. The number of aliphatic hydroxyl groups excluding tert-OH is 1. The Kier molecular flexibility index (Phi) is 3.66. The number of likely N-dealkylation sites (tertiary alicyclic amines) is 1. The molecular formula is C16H20N2O4. The van der Waals surface area contributed by atoms with E-state index in [1.807, 2.05) is 6.92 Å². The molecular weight excluding hydrogens is 284 g/mol. The Bertz CT molecular complexity index is 711. The third-order valence-electron chi connectivity index (χ3n) is 4.47. The van der Waals surface area contributed by atoms with Crippen molar-refractivity contribution in [2.45, 2.75) is 38.4 Å². The fourth-order valence-corrected chi connectivity index (χ4v) is 2.92. The van der Waals surface area contributed by atoms with E-state index in [1.165, 1.54) is 0 Å². The summed E-state index contributed by atoms with van der Waals surface area (Å²) in [5.74, 6) is 0.383. The zero-order chi connectivity index (χ0) is 15.9.